The van der Waals surface area contributed by atoms with E-state index in [1.165, 1.54) is 12.1 Å². The molecule has 1 aromatic carbocycles. The van der Waals surface area contributed by atoms with Crippen LogP contribution in [0.4, 0.5) is 8.78 Å². The number of aliphatic carboxylic acids is 1. The smallest absolute Gasteiger partial charge is 0.343 e. The van der Waals surface area contributed by atoms with Crippen LogP contribution in [-0.2, 0) is 4.79 Å². The molecule has 0 spiro atoms. The normalized spacial score (nSPS) is 12.5. The lowest BCUT2D eigenvalue weighted by atomic mass is 10.1. The fourth-order valence-corrected chi connectivity index (χ4v) is 1.61. The Morgan fingerprint density at radius 3 is 2.62 bits per heavy atom. The molecule has 0 amide bonds. The second-order valence-electron chi connectivity index (χ2n) is 2.34. The molecule has 5 heteroatoms. The molecule has 0 aliphatic heterocycles. The molecule has 0 fully saturated rings. The van der Waals surface area contributed by atoms with Crippen molar-refractivity contribution in [3.05, 3.63) is 33.1 Å². The van der Waals surface area contributed by atoms with E-state index in [4.69, 9.17) is 5.11 Å². The summed E-state index contributed by atoms with van der Waals surface area (Å²) in [4.78, 5) is 10.3. The van der Waals surface area contributed by atoms with Gasteiger partial charge in [-0.05, 0) is 34.7 Å². The van der Waals surface area contributed by atoms with Crippen LogP contribution >= 0.6 is 22.6 Å². The zero-order valence-electron chi connectivity index (χ0n) is 6.30. The van der Waals surface area contributed by atoms with Crippen molar-refractivity contribution in [2.75, 3.05) is 0 Å². The van der Waals surface area contributed by atoms with E-state index in [0.29, 0.717) is 0 Å². The zero-order chi connectivity index (χ0) is 10.0. The molecule has 0 heterocycles. The maximum absolute atomic E-state index is 13.0. The van der Waals surface area contributed by atoms with Crippen LogP contribution in [0, 0.1) is 9.39 Å². The van der Waals surface area contributed by atoms with Gasteiger partial charge in [-0.15, -0.1) is 0 Å². The van der Waals surface area contributed by atoms with Gasteiger partial charge in [-0.2, -0.15) is 0 Å². The van der Waals surface area contributed by atoms with Gasteiger partial charge in [0.05, 0.1) is 0 Å². The van der Waals surface area contributed by atoms with E-state index in [-0.39, 0.29) is 3.57 Å². The first-order valence-corrected chi connectivity index (χ1v) is 4.42. The third-order valence-electron chi connectivity index (χ3n) is 1.47. The van der Waals surface area contributed by atoms with Crippen molar-refractivity contribution in [1.82, 2.24) is 0 Å². The number of halogens is 3. The molecule has 1 rings (SSSR count). The van der Waals surface area contributed by atoms with Crippen LogP contribution in [0.3, 0.4) is 0 Å². The monoisotopic (exact) mass is 298 g/mol. The van der Waals surface area contributed by atoms with Gasteiger partial charge < -0.3 is 5.11 Å². The number of rotatable bonds is 2. The molecule has 70 valence electrons. The van der Waals surface area contributed by atoms with Crippen molar-refractivity contribution >= 4 is 28.6 Å². The predicted molar refractivity (Wildman–Crippen MR) is 50.6 cm³/mol. The van der Waals surface area contributed by atoms with E-state index in [0.717, 1.165) is 6.07 Å². The lowest BCUT2D eigenvalue weighted by molar-refractivity contribution is -0.143. The van der Waals surface area contributed by atoms with Gasteiger partial charge >= 0.3 is 5.97 Å². The molecular weight excluding hydrogens is 293 g/mol. The van der Waals surface area contributed by atoms with Gasteiger partial charge in [0, 0.05) is 9.13 Å². The van der Waals surface area contributed by atoms with Crippen molar-refractivity contribution in [3.8, 4) is 0 Å². The van der Waals surface area contributed by atoms with E-state index in [2.05, 4.69) is 0 Å². The van der Waals surface area contributed by atoms with Crippen LogP contribution < -0.4 is 0 Å². The van der Waals surface area contributed by atoms with Crippen LogP contribution in [0.2, 0.25) is 0 Å². The highest BCUT2D eigenvalue weighted by atomic mass is 127. The summed E-state index contributed by atoms with van der Waals surface area (Å²) in [6.45, 7) is 0. The Morgan fingerprint density at radius 2 is 2.15 bits per heavy atom. The Hall–Kier alpha value is -0.720. The highest BCUT2D eigenvalue weighted by Gasteiger charge is 2.24. The molecule has 0 aliphatic rings. The van der Waals surface area contributed by atoms with Gasteiger partial charge in [0.15, 0.2) is 0 Å². The first-order chi connectivity index (χ1) is 6.04. The lowest BCUT2D eigenvalue weighted by Gasteiger charge is -2.06. The zero-order valence-corrected chi connectivity index (χ0v) is 8.46. The minimum Gasteiger partial charge on any atom is -0.479 e. The molecule has 0 saturated heterocycles. The van der Waals surface area contributed by atoms with Crippen LogP contribution in [-0.4, -0.2) is 11.1 Å². The summed E-state index contributed by atoms with van der Waals surface area (Å²) >= 11 is 1.69. The standard InChI is InChI=1S/C8H5F2IO2/c9-4-2-1-3-5(11)6(4)7(10)8(12)13/h1-3,7H,(H,12,13)/t7-/m1/s1. The van der Waals surface area contributed by atoms with Crippen molar-refractivity contribution in [2.24, 2.45) is 0 Å². The second kappa shape index (κ2) is 3.99. The number of benzene rings is 1. The molecule has 0 aromatic heterocycles. The lowest BCUT2D eigenvalue weighted by Crippen LogP contribution is -2.09. The van der Waals surface area contributed by atoms with Crippen LogP contribution in [0.1, 0.15) is 11.7 Å². The maximum Gasteiger partial charge on any atom is 0.343 e. The van der Waals surface area contributed by atoms with Crippen LogP contribution in [0.25, 0.3) is 0 Å². The van der Waals surface area contributed by atoms with Crippen LogP contribution in [0.15, 0.2) is 18.2 Å². The van der Waals surface area contributed by atoms with Crippen molar-refractivity contribution in [1.29, 1.82) is 0 Å². The summed E-state index contributed by atoms with van der Waals surface area (Å²) in [7, 11) is 0. The largest absolute Gasteiger partial charge is 0.479 e. The summed E-state index contributed by atoms with van der Waals surface area (Å²) in [6, 6.07) is 3.89. The Labute approximate surface area is 86.7 Å². The summed E-state index contributed by atoms with van der Waals surface area (Å²) in [6.07, 6.45) is -2.30. The topological polar surface area (TPSA) is 37.3 Å². The molecule has 0 radical (unpaired) electrons. The number of carboxylic acid groups (broad SMARTS) is 1. The minimum atomic E-state index is -2.30. The van der Waals surface area contributed by atoms with Gasteiger partial charge in [0.1, 0.15) is 5.82 Å². The molecule has 1 N–H and O–H groups in total. The molecule has 0 unspecified atom stereocenters. The van der Waals surface area contributed by atoms with Crippen molar-refractivity contribution < 1.29 is 18.7 Å². The molecule has 0 saturated carbocycles. The Balaban J connectivity index is 3.20. The van der Waals surface area contributed by atoms with E-state index < -0.39 is 23.5 Å². The van der Waals surface area contributed by atoms with Gasteiger partial charge in [-0.1, -0.05) is 6.07 Å². The van der Waals surface area contributed by atoms with Crippen molar-refractivity contribution in [2.45, 2.75) is 6.17 Å². The molecule has 13 heavy (non-hydrogen) atoms. The fraction of sp³-hybridized carbons (Fsp3) is 0.125. The van der Waals surface area contributed by atoms with E-state index >= 15 is 0 Å². The van der Waals surface area contributed by atoms with Gasteiger partial charge in [0.25, 0.3) is 0 Å². The van der Waals surface area contributed by atoms with Gasteiger partial charge in [0.2, 0.25) is 6.17 Å². The van der Waals surface area contributed by atoms with Crippen LogP contribution in [0.5, 0.6) is 0 Å². The Kier molecular flexibility index (Phi) is 3.18. The minimum absolute atomic E-state index is 0.271. The number of carbonyl (C=O) groups is 1. The predicted octanol–water partition coefficient (Wildman–Crippen LogP) is 2.53. The van der Waals surface area contributed by atoms with E-state index in [1.807, 2.05) is 0 Å². The maximum atomic E-state index is 13.0. The van der Waals surface area contributed by atoms with Crippen molar-refractivity contribution in [3.63, 3.8) is 0 Å². The number of hydrogen-bond donors (Lipinski definition) is 1. The number of alkyl halides is 1. The Bertz CT molecular complexity index is 321. The highest BCUT2D eigenvalue weighted by molar-refractivity contribution is 14.1. The highest BCUT2D eigenvalue weighted by Crippen LogP contribution is 2.25. The summed E-state index contributed by atoms with van der Waals surface area (Å²) in [5.74, 6) is -2.51. The molecule has 1 atom stereocenters. The number of hydrogen-bond acceptors (Lipinski definition) is 1. The van der Waals surface area contributed by atoms with Gasteiger partial charge in [-0.25, -0.2) is 13.6 Å². The third-order valence-corrected chi connectivity index (χ3v) is 2.41. The molecule has 2 nitrogen and oxygen atoms in total. The second-order valence-corrected chi connectivity index (χ2v) is 3.50. The summed E-state index contributed by atoms with van der Waals surface area (Å²) < 4.78 is 26.2. The fourth-order valence-electron chi connectivity index (χ4n) is 0.876. The molecule has 1 aromatic rings. The summed E-state index contributed by atoms with van der Waals surface area (Å²) in [5, 5.41) is 8.34. The third kappa shape index (κ3) is 2.15. The quantitative estimate of drug-likeness (QED) is 0.852. The average Bonchev–Trinajstić information content (AvgIpc) is 2.03. The molecule has 0 bridgehead atoms. The average molecular weight is 298 g/mol. The first-order valence-electron chi connectivity index (χ1n) is 3.35. The number of carboxylic acids is 1. The van der Waals surface area contributed by atoms with Gasteiger partial charge in [-0.3, -0.25) is 0 Å². The summed E-state index contributed by atoms with van der Waals surface area (Å²) in [5.41, 5.74) is -0.407. The Morgan fingerprint density at radius 1 is 1.54 bits per heavy atom. The van der Waals surface area contributed by atoms with E-state index in [1.54, 1.807) is 22.6 Å². The molecule has 0 aliphatic carbocycles. The SMILES string of the molecule is O=C(O)[C@H](F)c1c(F)cccc1I. The van der Waals surface area contributed by atoms with E-state index in [9.17, 15) is 13.6 Å². The molecular formula is C8H5F2IO2. The first kappa shape index (κ1) is 10.4.